The first-order valence-corrected chi connectivity index (χ1v) is 5.57. The Kier molecular flexibility index (Phi) is 2.79. The van der Waals surface area contributed by atoms with Crippen LogP contribution in [0.2, 0.25) is 0 Å². The summed E-state index contributed by atoms with van der Waals surface area (Å²) in [5.74, 6) is -0.0530. The maximum Gasteiger partial charge on any atom is 0.273 e. The summed E-state index contributed by atoms with van der Waals surface area (Å²) in [4.78, 5) is 17.5. The molecule has 2 rings (SSSR count). The zero-order valence-electron chi connectivity index (χ0n) is 7.72. The van der Waals surface area contributed by atoms with E-state index in [1.165, 1.54) is 11.3 Å². The van der Waals surface area contributed by atoms with Gasteiger partial charge in [-0.15, -0.1) is 11.3 Å². The number of nitrogens with zero attached hydrogens (tertiary/aromatic N) is 2. The number of hydrogen-bond acceptors (Lipinski definition) is 4. The highest BCUT2D eigenvalue weighted by molar-refractivity contribution is 7.07. The van der Waals surface area contributed by atoms with E-state index >= 15 is 0 Å². The Bertz CT molecular complexity index is 313. The number of hydrogen-bond donors (Lipinski definition) is 1. The molecule has 5 heteroatoms. The van der Waals surface area contributed by atoms with Gasteiger partial charge in [0.25, 0.3) is 5.91 Å². The highest BCUT2D eigenvalue weighted by Gasteiger charge is 2.29. The van der Waals surface area contributed by atoms with Gasteiger partial charge in [-0.2, -0.15) is 0 Å². The topological polar surface area (TPSA) is 53.4 Å². The third-order valence-corrected chi connectivity index (χ3v) is 3.09. The first kappa shape index (κ1) is 9.61. The van der Waals surface area contributed by atoms with Gasteiger partial charge < -0.3 is 10.0 Å². The average Bonchev–Trinajstić information content (AvgIpc) is 2.87. The fourth-order valence-electron chi connectivity index (χ4n) is 1.76. The standard InChI is InChI=1S/C9H12N2O2S/c12-4-7-2-1-3-11(7)9(13)8-5-14-6-10-8/h5-7,12H,1-4H2/t7-/m1/s1. The number of likely N-dealkylation sites (tertiary alicyclic amines) is 1. The second-order valence-electron chi connectivity index (χ2n) is 3.35. The summed E-state index contributed by atoms with van der Waals surface area (Å²) < 4.78 is 0. The van der Waals surface area contributed by atoms with Crippen LogP contribution in [0.3, 0.4) is 0 Å². The number of thiazole rings is 1. The molecular weight excluding hydrogens is 200 g/mol. The fourth-order valence-corrected chi connectivity index (χ4v) is 2.28. The second kappa shape index (κ2) is 4.06. The molecule has 0 aliphatic carbocycles. The van der Waals surface area contributed by atoms with Crippen LogP contribution in [0, 0.1) is 0 Å². The zero-order valence-corrected chi connectivity index (χ0v) is 8.54. The van der Waals surface area contributed by atoms with Crippen molar-refractivity contribution in [2.45, 2.75) is 18.9 Å². The molecule has 76 valence electrons. The number of amides is 1. The lowest BCUT2D eigenvalue weighted by Crippen LogP contribution is -2.37. The summed E-state index contributed by atoms with van der Waals surface area (Å²) in [6, 6.07) is -0.0100. The molecule has 0 saturated carbocycles. The monoisotopic (exact) mass is 212 g/mol. The molecule has 1 aromatic rings. The van der Waals surface area contributed by atoms with E-state index in [4.69, 9.17) is 5.11 Å². The molecular formula is C9H12N2O2S. The molecule has 0 unspecified atom stereocenters. The Balaban J connectivity index is 2.11. The average molecular weight is 212 g/mol. The maximum atomic E-state index is 11.8. The predicted molar refractivity (Wildman–Crippen MR) is 53.3 cm³/mol. The minimum atomic E-state index is -0.0530. The molecule has 0 radical (unpaired) electrons. The second-order valence-corrected chi connectivity index (χ2v) is 4.07. The number of aliphatic hydroxyl groups excluding tert-OH is 1. The van der Waals surface area contributed by atoms with Crippen molar-refractivity contribution in [1.82, 2.24) is 9.88 Å². The van der Waals surface area contributed by atoms with Gasteiger partial charge in [0, 0.05) is 11.9 Å². The molecule has 1 fully saturated rings. The van der Waals surface area contributed by atoms with Gasteiger partial charge in [0.2, 0.25) is 0 Å². The van der Waals surface area contributed by atoms with Crippen molar-refractivity contribution in [2.75, 3.05) is 13.2 Å². The van der Waals surface area contributed by atoms with Crippen molar-refractivity contribution in [3.8, 4) is 0 Å². The molecule has 1 saturated heterocycles. The van der Waals surface area contributed by atoms with Crippen LogP contribution in [0.15, 0.2) is 10.9 Å². The van der Waals surface area contributed by atoms with E-state index in [2.05, 4.69) is 4.98 Å². The molecule has 1 atom stereocenters. The first-order valence-electron chi connectivity index (χ1n) is 4.63. The Morgan fingerprint density at radius 2 is 2.64 bits per heavy atom. The van der Waals surface area contributed by atoms with Crippen molar-refractivity contribution in [3.63, 3.8) is 0 Å². The molecule has 14 heavy (non-hydrogen) atoms. The smallest absolute Gasteiger partial charge is 0.273 e. The summed E-state index contributed by atoms with van der Waals surface area (Å²) in [5, 5.41) is 10.8. The SMILES string of the molecule is O=C(c1cscn1)N1CCC[C@@H]1CO. The summed E-state index contributed by atoms with van der Waals surface area (Å²) >= 11 is 1.41. The van der Waals surface area contributed by atoms with E-state index in [1.807, 2.05) is 0 Å². The number of rotatable bonds is 2. The molecule has 2 heterocycles. The van der Waals surface area contributed by atoms with Crippen molar-refractivity contribution in [1.29, 1.82) is 0 Å². The largest absolute Gasteiger partial charge is 0.394 e. The number of carbonyl (C=O) groups is 1. The van der Waals surface area contributed by atoms with Gasteiger partial charge in [-0.25, -0.2) is 4.98 Å². The summed E-state index contributed by atoms with van der Waals surface area (Å²) in [6.45, 7) is 0.789. The summed E-state index contributed by atoms with van der Waals surface area (Å²) in [5.41, 5.74) is 2.15. The quantitative estimate of drug-likeness (QED) is 0.786. The van der Waals surface area contributed by atoms with Crippen LogP contribution in [0.5, 0.6) is 0 Å². The predicted octanol–water partition coefficient (Wildman–Crippen LogP) is 0.740. The van der Waals surface area contributed by atoms with Gasteiger partial charge in [0.05, 0.1) is 18.2 Å². The van der Waals surface area contributed by atoms with Crippen LogP contribution in [0.4, 0.5) is 0 Å². The van der Waals surface area contributed by atoms with E-state index < -0.39 is 0 Å². The van der Waals surface area contributed by atoms with Crippen LogP contribution in [0.1, 0.15) is 23.3 Å². The molecule has 1 aromatic heterocycles. The zero-order chi connectivity index (χ0) is 9.97. The molecule has 0 spiro atoms. The van der Waals surface area contributed by atoms with Crippen LogP contribution in [-0.4, -0.2) is 40.1 Å². The first-order chi connectivity index (χ1) is 6.83. The van der Waals surface area contributed by atoms with Crippen LogP contribution in [-0.2, 0) is 0 Å². The summed E-state index contributed by atoms with van der Waals surface area (Å²) in [7, 11) is 0. The lowest BCUT2D eigenvalue weighted by atomic mass is 10.2. The third kappa shape index (κ3) is 1.65. The minimum absolute atomic E-state index is 0.0100. The van der Waals surface area contributed by atoms with Crippen molar-refractivity contribution >= 4 is 17.2 Å². The van der Waals surface area contributed by atoms with E-state index in [0.29, 0.717) is 5.69 Å². The van der Waals surface area contributed by atoms with Gasteiger partial charge in [-0.05, 0) is 12.8 Å². The number of aliphatic hydroxyl groups is 1. The van der Waals surface area contributed by atoms with Gasteiger partial charge >= 0.3 is 0 Å². The molecule has 1 aliphatic heterocycles. The Morgan fingerprint density at radius 1 is 1.79 bits per heavy atom. The number of carbonyl (C=O) groups excluding carboxylic acids is 1. The van der Waals surface area contributed by atoms with E-state index in [9.17, 15) is 4.79 Å². The van der Waals surface area contributed by atoms with E-state index in [-0.39, 0.29) is 18.6 Å². The van der Waals surface area contributed by atoms with Crippen LogP contribution in [0.25, 0.3) is 0 Å². The molecule has 4 nitrogen and oxygen atoms in total. The Morgan fingerprint density at radius 3 is 3.29 bits per heavy atom. The maximum absolute atomic E-state index is 11.8. The Hall–Kier alpha value is -0.940. The van der Waals surface area contributed by atoms with Crippen molar-refractivity contribution in [2.24, 2.45) is 0 Å². The minimum Gasteiger partial charge on any atom is -0.394 e. The third-order valence-electron chi connectivity index (χ3n) is 2.50. The lowest BCUT2D eigenvalue weighted by molar-refractivity contribution is 0.0672. The normalized spacial score (nSPS) is 21.5. The molecule has 1 N–H and O–H groups in total. The van der Waals surface area contributed by atoms with Crippen molar-refractivity contribution in [3.05, 3.63) is 16.6 Å². The van der Waals surface area contributed by atoms with Crippen LogP contribution >= 0.6 is 11.3 Å². The lowest BCUT2D eigenvalue weighted by Gasteiger charge is -2.21. The molecule has 1 amide bonds. The summed E-state index contributed by atoms with van der Waals surface area (Å²) in [6.07, 6.45) is 1.87. The van der Waals surface area contributed by atoms with Gasteiger partial charge in [-0.1, -0.05) is 0 Å². The van der Waals surface area contributed by atoms with Crippen LogP contribution < -0.4 is 0 Å². The molecule has 0 bridgehead atoms. The van der Waals surface area contributed by atoms with E-state index in [1.54, 1.807) is 15.8 Å². The molecule has 1 aliphatic rings. The number of aromatic nitrogens is 1. The Labute approximate surface area is 86.2 Å². The molecule has 0 aromatic carbocycles. The van der Waals surface area contributed by atoms with Gasteiger partial charge in [-0.3, -0.25) is 4.79 Å². The fraction of sp³-hybridized carbons (Fsp3) is 0.556. The van der Waals surface area contributed by atoms with Gasteiger partial charge in [0.1, 0.15) is 5.69 Å². The van der Waals surface area contributed by atoms with Crippen molar-refractivity contribution < 1.29 is 9.90 Å². The van der Waals surface area contributed by atoms with E-state index in [0.717, 1.165) is 19.4 Å². The van der Waals surface area contributed by atoms with Gasteiger partial charge in [0.15, 0.2) is 0 Å². The highest BCUT2D eigenvalue weighted by Crippen LogP contribution is 2.19. The highest BCUT2D eigenvalue weighted by atomic mass is 32.1.